The Morgan fingerprint density at radius 1 is 0.765 bits per heavy atom. The molecule has 0 saturated heterocycles. The van der Waals surface area contributed by atoms with E-state index in [0.717, 1.165) is 9.79 Å². The highest BCUT2D eigenvalue weighted by atomic mass is 32.3. The third kappa shape index (κ3) is 2.16. The van der Waals surface area contributed by atoms with E-state index in [1.165, 1.54) is 0 Å². The second-order valence-corrected chi connectivity index (χ2v) is 6.69. The topological polar surface area (TPSA) is 20.3 Å². The summed E-state index contributed by atoms with van der Waals surface area (Å²) in [5, 5.41) is 0. The van der Waals surface area contributed by atoms with Gasteiger partial charge < -0.3 is 0 Å². The van der Waals surface area contributed by atoms with Gasteiger partial charge in [-0.05, 0) is 24.3 Å². The van der Waals surface area contributed by atoms with Crippen LogP contribution in [0.25, 0.3) is 0 Å². The number of hydrogen-bond acceptors (Lipinski definition) is 1. The molecule has 2 aromatic rings. The van der Waals surface area contributed by atoms with Crippen LogP contribution in [0.15, 0.2) is 70.5 Å². The molecule has 0 unspecified atom stereocenters. The van der Waals surface area contributed by atoms with Gasteiger partial charge in [0.1, 0.15) is 0 Å². The van der Waals surface area contributed by atoms with Crippen LogP contribution in [-0.2, 0) is 14.3 Å². The Balaban J connectivity index is 2.60. The number of hydrogen-bond donors (Lipinski definition) is 0. The maximum Gasteiger partial charge on any atom is 0.223 e. The molecule has 3 heteroatoms. The van der Waals surface area contributed by atoms with Gasteiger partial charge >= 0.3 is 0 Å². The Labute approximate surface area is 103 Å². The highest BCUT2D eigenvalue weighted by Gasteiger charge is 2.37. The molecule has 2 nitrogen and oxygen atoms in total. The van der Waals surface area contributed by atoms with Crippen LogP contribution in [0.5, 0.6) is 0 Å². The maximum atomic E-state index is 13.2. The lowest BCUT2D eigenvalue weighted by molar-refractivity contribution is 0.529. The van der Waals surface area contributed by atoms with E-state index in [1.54, 1.807) is 4.31 Å². The molecule has 0 bridgehead atoms. The van der Waals surface area contributed by atoms with Crippen molar-refractivity contribution in [3.8, 4) is 0 Å². The van der Waals surface area contributed by atoms with Crippen molar-refractivity contribution in [1.82, 2.24) is 4.31 Å². The standard InChI is InChI=1S/C14H16NOS/c1-15(2)17(16,13-9-5-3-6-10-13)14-11-7-4-8-12-14/h3-12H,1-2H3/q+1. The lowest BCUT2D eigenvalue weighted by atomic mass is 10.4. The summed E-state index contributed by atoms with van der Waals surface area (Å²) in [6, 6.07) is 19.2. The molecule has 2 aromatic carbocycles. The molecule has 0 spiro atoms. The summed E-state index contributed by atoms with van der Waals surface area (Å²) < 4.78 is 15.0. The first-order valence-electron chi connectivity index (χ1n) is 5.47. The fourth-order valence-electron chi connectivity index (χ4n) is 1.77. The molecule has 0 radical (unpaired) electrons. The molecule has 0 heterocycles. The number of nitrogens with zero attached hydrogens (tertiary/aromatic N) is 1. The fourth-order valence-corrected chi connectivity index (χ4v) is 3.94. The van der Waals surface area contributed by atoms with Crippen LogP contribution in [0.3, 0.4) is 0 Å². The predicted octanol–water partition coefficient (Wildman–Crippen LogP) is 3.08. The molecular formula is C14H16NOS+. The van der Waals surface area contributed by atoms with Gasteiger partial charge in [-0.25, -0.2) is 0 Å². The van der Waals surface area contributed by atoms with Crippen molar-refractivity contribution in [1.29, 1.82) is 0 Å². The van der Waals surface area contributed by atoms with E-state index in [1.807, 2.05) is 74.8 Å². The van der Waals surface area contributed by atoms with Crippen LogP contribution in [0.2, 0.25) is 0 Å². The SMILES string of the molecule is CN(C)[S+](=O)(c1ccccc1)c1ccccc1. The molecule has 0 amide bonds. The van der Waals surface area contributed by atoms with Gasteiger partial charge in [-0.2, -0.15) is 0 Å². The summed E-state index contributed by atoms with van der Waals surface area (Å²) in [4.78, 5) is 1.69. The van der Waals surface area contributed by atoms with Gasteiger partial charge in [-0.1, -0.05) is 40.6 Å². The van der Waals surface area contributed by atoms with E-state index in [9.17, 15) is 4.21 Å². The van der Waals surface area contributed by atoms with Gasteiger partial charge in [0.2, 0.25) is 10.1 Å². The average molecular weight is 246 g/mol. The molecule has 88 valence electrons. The molecule has 0 fully saturated rings. The average Bonchev–Trinajstić information content (AvgIpc) is 2.39. The minimum Gasteiger partial charge on any atom is -0.121 e. The Kier molecular flexibility index (Phi) is 3.41. The molecule has 2 rings (SSSR count). The third-order valence-electron chi connectivity index (χ3n) is 2.64. The van der Waals surface area contributed by atoms with Crippen LogP contribution < -0.4 is 0 Å². The Bertz CT molecular complexity index is 479. The zero-order chi connectivity index (χ0) is 12.3. The van der Waals surface area contributed by atoms with Crippen molar-refractivity contribution in [3.63, 3.8) is 0 Å². The van der Waals surface area contributed by atoms with Crippen LogP contribution >= 0.6 is 0 Å². The first kappa shape index (κ1) is 12.0. The summed E-state index contributed by atoms with van der Waals surface area (Å²) in [7, 11) is 1.37. The van der Waals surface area contributed by atoms with Gasteiger partial charge in [-0.3, -0.25) is 0 Å². The maximum absolute atomic E-state index is 13.2. The molecule has 17 heavy (non-hydrogen) atoms. The first-order chi connectivity index (χ1) is 8.15. The van der Waals surface area contributed by atoms with Gasteiger partial charge in [0.25, 0.3) is 0 Å². The van der Waals surface area contributed by atoms with E-state index in [-0.39, 0.29) is 0 Å². The van der Waals surface area contributed by atoms with Crippen molar-refractivity contribution in [3.05, 3.63) is 60.7 Å². The van der Waals surface area contributed by atoms with Crippen molar-refractivity contribution >= 4 is 10.1 Å². The summed E-state index contributed by atoms with van der Waals surface area (Å²) in [6.07, 6.45) is 0. The third-order valence-corrected chi connectivity index (χ3v) is 5.49. The minimum atomic E-state index is -2.33. The predicted molar refractivity (Wildman–Crippen MR) is 71.2 cm³/mol. The largest absolute Gasteiger partial charge is 0.223 e. The molecule has 0 aliphatic rings. The minimum absolute atomic E-state index is 0.844. The van der Waals surface area contributed by atoms with Crippen LogP contribution in [-0.4, -0.2) is 18.4 Å². The van der Waals surface area contributed by atoms with E-state index in [0.29, 0.717) is 0 Å². The zero-order valence-electron chi connectivity index (χ0n) is 10.0. The normalized spacial score (nSPS) is 11.7. The van der Waals surface area contributed by atoms with Gasteiger partial charge in [-0.15, -0.1) is 4.31 Å². The first-order valence-corrected chi connectivity index (χ1v) is 6.99. The highest BCUT2D eigenvalue weighted by Crippen LogP contribution is 2.30. The monoisotopic (exact) mass is 246 g/mol. The smallest absolute Gasteiger partial charge is 0.121 e. The fraction of sp³-hybridized carbons (Fsp3) is 0.143. The second kappa shape index (κ2) is 4.82. The summed E-state index contributed by atoms with van der Waals surface area (Å²) in [5.74, 6) is 0. The zero-order valence-corrected chi connectivity index (χ0v) is 10.9. The summed E-state index contributed by atoms with van der Waals surface area (Å²) in [5.41, 5.74) is 0. The van der Waals surface area contributed by atoms with Crippen molar-refractivity contribution in [2.24, 2.45) is 0 Å². The molecule has 0 aromatic heterocycles. The lowest BCUT2D eigenvalue weighted by Gasteiger charge is -2.17. The lowest BCUT2D eigenvalue weighted by Crippen LogP contribution is -2.29. The summed E-state index contributed by atoms with van der Waals surface area (Å²) >= 11 is 0. The van der Waals surface area contributed by atoms with Crippen molar-refractivity contribution < 1.29 is 4.21 Å². The number of benzene rings is 2. The molecule has 0 aliphatic carbocycles. The van der Waals surface area contributed by atoms with Gasteiger partial charge in [0.15, 0.2) is 9.79 Å². The summed E-state index contributed by atoms with van der Waals surface area (Å²) in [6.45, 7) is 0. The molecular weight excluding hydrogens is 230 g/mol. The Hall–Kier alpha value is -1.45. The van der Waals surface area contributed by atoms with Crippen LogP contribution in [0, 0.1) is 0 Å². The Morgan fingerprint density at radius 2 is 1.12 bits per heavy atom. The van der Waals surface area contributed by atoms with Gasteiger partial charge in [0, 0.05) is 14.1 Å². The molecule has 0 saturated carbocycles. The Morgan fingerprint density at radius 3 is 1.41 bits per heavy atom. The second-order valence-electron chi connectivity index (χ2n) is 3.96. The van der Waals surface area contributed by atoms with Crippen LogP contribution in [0.4, 0.5) is 0 Å². The van der Waals surface area contributed by atoms with Gasteiger partial charge in [0.05, 0.1) is 0 Å². The van der Waals surface area contributed by atoms with E-state index in [4.69, 9.17) is 0 Å². The van der Waals surface area contributed by atoms with Crippen molar-refractivity contribution in [2.45, 2.75) is 9.79 Å². The van der Waals surface area contributed by atoms with Crippen molar-refractivity contribution in [2.75, 3.05) is 14.1 Å². The van der Waals surface area contributed by atoms with E-state index < -0.39 is 10.1 Å². The molecule has 0 atom stereocenters. The van der Waals surface area contributed by atoms with E-state index in [2.05, 4.69) is 0 Å². The highest BCUT2D eigenvalue weighted by molar-refractivity contribution is 8.00. The van der Waals surface area contributed by atoms with Crippen LogP contribution in [0.1, 0.15) is 0 Å². The quantitative estimate of drug-likeness (QED) is 0.762. The molecule has 0 aliphatic heterocycles. The molecule has 0 N–H and O–H groups in total. The number of rotatable bonds is 3. The van der Waals surface area contributed by atoms with E-state index >= 15 is 0 Å².